The van der Waals surface area contributed by atoms with E-state index >= 15 is 0 Å². The number of amides is 1. The van der Waals surface area contributed by atoms with Crippen LogP contribution in [0.1, 0.15) is 28.8 Å². The quantitative estimate of drug-likeness (QED) is 0.555. The van der Waals surface area contributed by atoms with E-state index in [0.717, 1.165) is 23.0 Å². The smallest absolute Gasteiger partial charge is 0.262 e. The highest BCUT2D eigenvalue weighted by Crippen LogP contribution is 2.42. The van der Waals surface area contributed by atoms with Crippen LogP contribution in [0.4, 0.5) is 20.2 Å². The first-order chi connectivity index (χ1) is 16.9. The molecule has 1 amide bonds. The van der Waals surface area contributed by atoms with Crippen molar-refractivity contribution in [3.8, 4) is 11.5 Å². The van der Waals surface area contributed by atoms with Gasteiger partial charge in [0.15, 0.2) is 11.6 Å². The molecule has 5 rings (SSSR count). The highest BCUT2D eigenvalue weighted by molar-refractivity contribution is 6.13. The van der Waals surface area contributed by atoms with E-state index in [1.165, 1.54) is 6.07 Å². The predicted octanol–water partition coefficient (Wildman–Crippen LogP) is 5.05. The van der Waals surface area contributed by atoms with Gasteiger partial charge in [0.2, 0.25) is 0 Å². The summed E-state index contributed by atoms with van der Waals surface area (Å²) in [5.41, 5.74) is 2.17. The zero-order valence-corrected chi connectivity index (χ0v) is 19.7. The average molecular weight is 480 g/mol. The maximum Gasteiger partial charge on any atom is 0.262 e. The lowest BCUT2D eigenvalue weighted by Crippen LogP contribution is -2.64. The first-order valence-corrected chi connectivity index (χ1v) is 11.5. The molecule has 1 fully saturated rings. The minimum Gasteiger partial charge on any atom is -0.497 e. The molecule has 2 heterocycles. The summed E-state index contributed by atoms with van der Waals surface area (Å²) in [6, 6.07) is 16.9. The van der Waals surface area contributed by atoms with Crippen molar-refractivity contribution < 1.29 is 23.0 Å². The minimum atomic E-state index is -0.847. The van der Waals surface area contributed by atoms with Gasteiger partial charge in [-0.25, -0.2) is 8.78 Å². The summed E-state index contributed by atoms with van der Waals surface area (Å²) in [6.45, 7) is 1.85. The molecule has 0 atom stereocenters. The van der Waals surface area contributed by atoms with E-state index < -0.39 is 17.3 Å². The number of ether oxygens (including phenoxy) is 2. The van der Waals surface area contributed by atoms with Crippen molar-refractivity contribution in [2.75, 3.05) is 37.5 Å². The number of methoxy groups -OCH3 is 2. The molecule has 1 spiro atoms. The molecule has 0 bridgehead atoms. The minimum absolute atomic E-state index is 0.0828. The maximum absolute atomic E-state index is 13.8. The van der Waals surface area contributed by atoms with Crippen LogP contribution in [0.3, 0.4) is 0 Å². The Morgan fingerprint density at radius 3 is 2.23 bits per heavy atom. The van der Waals surface area contributed by atoms with Gasteiger partial charge in [-0.1, -0.05) is 6.07 Å². The summed E-state index contributed by atoms with van der Waals surface area (Å²) in [4.78, 5) is 17.8. The van der Waals surface area contributed by atoms with Gasteiger partial charge >= 0.3 is 0 Å². The van der Waals surface area contributed by atoms with Crippen LogP contribution in [0, 0.1) is 11.6 Å². The standard InChI is InChI=1S/C27H27F2N3O3/c1-34-20-6-4-19(5-7-20)32-26(33)22-9-8-21(35-2)16-25(22)30-27(32)11-13-31(14-12-27)17-18-3-10-23(28)24(29)15-18/h3-10,15-16,30H,11-14,17H2,1-2H3. The number of fused-ring (bicyclic) bond motifs is 1. The lowest BCUT2D eigenvalue weighted by Gasteiger charge is -2.52. The summed E-state index contributed by atoms with van der Waals surface area (Å²) >= 11 is 0. The molecule has 3 aromatic carbocycles. The van der Waals surface area contributed by atoms with Crippen LogP contribution in [0.2, 0.25) is 0 Å². The molecule has 2 aliphatic rings. The molecule has 1 N–H and O–H groups in total. The molecule has 3 aromatic rings. The number of nitrogens with one attached hydrogen (secondary N) is 1. The number of hydrogen-bond donors (Lipinski definition) is 1. The normalized spacial score (nSPS) is 17.1. The van der Waals surface area contributed by atoms with Gasteiger partial charge < -0.3 is 14.8 Å². The molecule has 182 valence electrons. The third-order valence-electron chi connectivity index (χ3n) is 6.86. The van der Waals surface area contributed by atoms with Gasteiger partial charge in [-0.15, -0.1) is 0 Å². The second kappa shape index (κ2) is 9.19. The Hall–Kier alpha value is -3.65. The zero-order chi connectivity index (χ0) is 24.6. The molecule has 1 saturated heterocycles. The lowest BCUT2D eigenvalue weighted by atomic mass is 9.89. The molecular formula is C27H27F2N3O3. The van der Waals surface area contributed by atoms with Crippen LogP contribution in [0.5, 0.6) is 11.5 Å². The Bertz CT molecular complexity index is 1240. The van der Waals surface area contributed by atoms with Gasteiger partial charge in [0.05, 0.1) is 25.5 Å². The highest BCUT2D eigenvalue weighted by Gasteiger charge is 2.47. The van der Waals surface area contributed by atoms with Gasteiger partial charge in [-0.3, -0.25) is 14.6 Å². The summed E-state index contributed by atoms with van der Waals surface area (Å²) < 4.78 is 37.7. The van der Waals surface area contributed by atoms with E-state index in [1.807, 2.05) is 35.2 Å². The number of nitrogens with zero attached hydrogens (tertiary/aromatic N) is 2. The first-order valence-electron chi connectivity index (χ1n) is 11.5. The van der Waals surface area contributed by atoms with Crippen molar-refractivity contribution >= 4 is 17.3 Å². The number of benzene rings is 3. The molecule has 8 heteroatoms. The molecule has 35 heavy (non-hydrogen) atoms. The van der Waals surface area contributed by atoms with Crippen LogP contribution < -0.4 is 19.7 Å². The third-order valence-corrected chi connectivity index (χ3v) is 6.86. The molecule has 0 aromatic heterocycles. The zero-order valence-electron chi connectivity index (χ0n) is 19.7. The van der Waals surface area contributed by atoms with E-state index in [0.29, 0.717) is 49.5 Å². The summed E-state index contributed by atoms with van der Waals surface area (Å²) in [5, 5.41) is 3.65. The van der Waals surface area contributed by atoms with Gasteiger partial charge in [0.25, 0.3) is 5.91 Å². The van der Waals surface area contributed by atoms with Crippen molar-refractivity contribution in [1.29, 1.82) is 0 Å². The number of hydrogen-bond acceptors (Lipinski definition) is 5. The molecule has 6 nitrogen and oxygen atoms in total. The Morgan fingerprint density at radius 1 is 0.886 bits per heavy atom. The van der Waals surface area contributed by atoms with Crippen LogP contribution in [0.25, 0.3) is 0 Å². The molecule has 0 aliphatic carbocycles. The number of carbonyl (C=O) groups excluding carboxylic acids is 1. The van der Waals surface area contributed by atoms with Crippen molar-refractivity contribution in [2.24, 2.45) is 0 Å². The summed E-state index contributed by atoms with van der Waals surface area (Å²) in [7, 11) is 3.21. The monoisotopic (exact) mass is 479 g/mol. The predicted molar refractivity (Wildman–Crippen MR) is 130 cm³/mol. The summed E-state index contributed by atoms with van der Waals surface area (Å²) in [6.07, 6.45) is 1.29. The van der Waals surface area contributed by atoms with Crippen LogP contribution in [-0.4, -0.2) is 43.8 Å². The van der Waals surface area contributed by atoms with Gasteiger partial charge in [-0.2, -0.15) is 0 Å². The fourth-order valence-electron chi connectivity index (χ4n) is 4.98. The molecule has 0 radical (unpaired) electrons. The SMILES string of the molecule is COc1ccc(N2C(=O)c3ccc(OC)cc3NC23CCN(Cc2ccc(F)c(F)c2)CC3)cc1. The Kier molecular flexibility index (Phi) is 6.06. The Balaban J connectivity index is 1.45. The second-order valence-electron chi connectivity index (χ2n) is 8.93. The van der Waals surface area contributed by atoms with E-state index in [4.69, 9.17) is 9.47 Å². The van der Waals surface area contributed by atoms with Gasteiger partial charge in [0, 0.05) is 44.2 Å². The number of likely N-dealkylation sites (tertiary alicyclic amines) is 1. The molecule has 0 unspecified atom stereocenters. The topological polar surface area (TPSA) is 54.0 Å². The van der Waals surface area contributed by atoms with Crippen molar-refractivity contribution in [3.63, 3.8) is 0 Å². The number of carbonyl (C=O) groups is 1. The van der Waals surface area contributed by atoms with Gasteiger partial charge in [0.1, 0.15) is 17.2 Å². The van der Waals surface area contributed by atoms with Crippen molar-refractivity contribution in [2.45, 2.75) is 25.0 Å². The lowest BCUT2D eigenvalue weighted by molar-refractivity contribution is 0.0904. The second-order valence-corrected chi connectivity index (χ2v) is 8.93. The van der Waals surface area contributed by atoms with Gasteiger partial charge in [-0.05, 0) is 54.1 Å². The van der Waals surface area contributed by atoms with Crippen LogP contribution in [0.15, 0.2) is 60.7 Å². The molecule has 0 saturated carbocycles. The van der Waals surface area contributed by atoms with Crippen molar-refractivity contribution in [3.05, 3.63) is 83.4 Å². The highest BCUT2D eigenvalue weighted by atomic mass is 19.2. The number of rotatable bonds is 5. The fraction of sp³-hybridized carbons (Fsp3) is 0.296. The summed E-state index contributed by atoms with van der Waals surface area (Å²) in [5.74, 6) is -0.382. The molecule has 2 aliphatic heterocycles. The Labute approximate surface area is 203 Å². The fourth-order valence-corrected chi connectivity index (χ4v) is 4.98. The van der Waals surface area contributed by atoms with E-state index in [1.54, 1.807) is 32.4 Å². The number of piperidine rings is 1. The first kappa shape index (κ1) is 23.1. The Morgan fingerprint density at radius 2 is 1.57 bits per heavy atom. The third kappa shape index (κ3) is 4.30. The number of anilines is 2. The van der Waals surface area contributed by atoms with Crippen molar-refractivity contribution in [1.82, 2.24) is 4.90 Å². The van der Waals surface area contributed by atoms with E-state index in [9.17, 15) is 13.6 Å². The van der Waals surface area contributed by atoms with E-state index in [2.05, 4.69) is 10.2 Å². The van der Waals surface area contributed by atoms with E-state index in [-0.39, 0.29) is 5.91 Å². The van der Waals surface area contributed by atoms with Crippen LogP contribution >= 0.6 is 0 Å². The average Bonchev–Trinajstić information content (AvgIpc) is 2.88. The van der Waals surface area contributed by atoms with Crippen LogP contribution in [-0.2, 0) is 6.54 Å². The maximum atomic E-state index is 13.8. The largest absolute Gasteiger partial charge is 0.497 e. The molecular weight excluding hydrogens is 452 g/mol. The number of halogens is 2.